The lowest BCUT2D eigenvalue weighted by atomic mass is 9.83. The van der Waals surface area contributed by atoms with Crippen molar-refractivity contribution in [3.63, 3.8) is 0 Å². The molecule has 2 N–H and O–H groups in total. The topological polar surface area (TPSA) is 75.2 Å². The zero-order valence-electron chi connectivity index (χ0n) is 16.5. The number of hydrogen-bond donors (Lipinski definition) is 2. The predicted octanol–water partition coefficient (Wildman–Crippen LogP) is 1.28. The lowest BCUT2D eigenvalue weighted by Gasteiger charge is -2.44. The molecule has 0 aromatic carbocycles. The first kappa shape index (κ1) is 19.2. The van der Waals surface area contributed by atoms with Crippen molar-refractivity contribution in [1.82, 2.24) is 15.5 Å². The van der Waals surface area contributed by atoms with Gasteiger partial charge in [0.05, 0.1) is 12.6 Å². The summed E-state index contributed by atoms with van der Waals surface area (Å²) in [5.41, 5.74) is 0.136. The van der Waals surface area contributed by atoms with Crippen molar-refractivity contribution in [3.05, 3.63) is 0 Å². The summed E-state index contributed by atoms with van der Waals surface area (Å²) in [6, 6.07) is 0.558. The average Bonchev–Trinajstić information content (AvgIpc) is 3.18. The Bertz CT molecular complexity index is 559. The average molecular weight is 379 g/mol. The summed E-state index contributed by atoms with van der Waals surface area (Å²) in [5.74, 6) is 0.787. The predicted molar refractivity (Wildman–Crippen MR) is 104 cm³/mol. The van der Waals surface area contributed by atoms with E-state index in [-0.39, 0.29) is 11.9 Å². The molecule has 1 spiro atoms. The SMILES string of the molecule is COCCN1CC[C@H](NCC2CC2)[C@@]2(CC(C(=O)NC3CCCC3)=NO2)C1. The van der Waals surface area contributed by atoms with E-state index < -0.39 is 5.60 Å². The van der Waals surface area contributed by atoms with Crippen molar-refractivity contribution in [1.29, 1.82) is 0 Å². The molecule has 27 heavy (non-hydrogen) atoms. The number of ether oxygens (including phenoxy) is 1. The zero-order valence-corrected chi connectivity index (χ0v) is 16.5. The Labute approximate surface area is 162 Å². The summed E-state index contributed by atoms with van der Waals surface area (Å²) in [7, 11) is 1.74. The molecule has 0 unspecified atom stereocenters. The van der Waals surface area contributed by atoms with Gasteiger partial charge in [-0.3, -0.25) is 9.69 Å². The summed E-state index contributed by atoms with van der Waals surface area (Å²) < 4.78 is 5.25. The molecular formula is C20H34N4O3. The minimum atomic E-state index is -0.427. The van der Waals surface area contributed by atoms with Crippen molar-refractivity contribution in [2.75, 3.05) is 39.9 Å². The van der Waals surface area contributed by atoms with Crippen LogP contribution in [0.5, 0.6) is 0 Å². The summed E-state index contributed by atoms with van der Waals surface area (Å²) in [4.78, 5) is 21.1. The molecule has 2 heterocycles. The van der Waals surface area contributed by atoms with E-state index in [1.807, 2.05) is 0 Å². The number of hydrogen-bond acceptors (Lipinski definition) is 6. The number of carbonyl (C=O) groups excluding carboxylic acids is 1. The normalized spacial score (nSPS) is 31.9. The maximum atomic E-state index is 12.7. The van der Waals surface area contributed by atoms with Crippen LogP contribution in [-0.2, 0) is 14.4 Å². The Kier molecular flexibility index (Phi) is 5.99. The van der Waals surface area contributed by atoms with Gasteiger partial charge in [0, 0.05) is 39.2 Å². The highest BCUT2D eigenvalue weighted by atomic mass is 16.7. The number of piperidine rings is 1. The third-order valence-electron chi connectivity index (χ3n) is 6.58. The van der Waals surface area contributed by atoms with E-state index in [9.17, 15) is 4.79 Å². The molecule has 0 aromatic heterocycles. The van der Waals surface area contributed by atoms with Gasteiger partial charge in [-0.2, -0.15) is 0 Å². The van der Waals surface area contributed by atoms with Crippen LogP contribution >= 0.6 is 0 Å². The molecule has 0 bridgehead atoms. The van der Waals surface area contributed by atoms with Gasteiger partial charge in [-0.25, -0.2) is 0 Å². The molecule has 0 radical (unpaired) electrons. The van der Waals surface area contributed by atoms with Crippen molar-refractivity contribution < 1.29 is 14.4 Å². The Morgan fingerprint density at radius 3 is 2.85 bits per heavy atom. The van der Waals surface area contributed by atoms with Crippen LogP contribution in [0.4, 0.5) is 0 Å². The molecule has 7 nitrogen and oxygen atoms in total. The molecule has 2 saturated carbocycles. The van der Waals surface area contributed by atoms with Gasteiger partial charge in [-0.1, -0.05) is 18.0 Å². The van der Waals surface area contributed by atoms with Crippen molar-refractivity contribution in [2.24, 2.45) is 11.1 Å². The van der Waals surface area contributed by atoms with Crippen LogP contribution < -0.4 is 10.6 Å². The molecule has 3 fully saturated rings. The number of methoxy groups -OCH3 is 1. The molecule has 2 aliphatic carbocycles. The number of nitrogens with one attached hydrogen (secondary N) is 2. The minimum absolute atomic E-state index is 0.0336. The molecule has 2 aliphatic heterocycles. The molecule has 1 saturated heterocycles. The van der Waals surface area contributed by atoms with Gasteiger partial charge < -0.3 is 20.2 Å². The maximum absolute atomic E-state index is 12.7. The molecule has 4 aliphatic rings. The van der Waals surface area contributed by atoms with Crippen LogP contribution in [0.3, 0.4) is 0 Å². The quantitative estimate of drug-likeness (QED) is 0.666. The highest BCUT2D eigenvalue weighted by molar-refractivity contribution is 6.39. The first-order chi connectivity index (χ1) is 13.2. The molecular weight excluding hydrogens is 344 g/mol. The summed E-state index contributed by atoms with van der Waals surface area (Å²) in [6.07, 6.45) is 8.86. The standard InChI is InChI=1S/C20H34N4O3/c1-26-11-10-24-9-8-18(21-13-15-6-7-15)20(14-24)12-17(23-27-20)19(25)22-16-4-2-3-5-16/h15-16,18,21H,2-14H2,1H3,(H,22,25)/t18-,20+/m0/s1. The van der Waals surface area contributed by atoms with Gasteiger partial charge in [0.1, 0.15) is 5.71 Å². The highest BCUT2D eigenvalue weighted by Crippen LogP contribution is 2.35. The fraction of sp³-hybridized carbons (Fsp3) is 0.900. The Balaban J connectivity index is 1.38. The van der Waals surface area contributed by atoms with Crippen LogP contribution in [0.15, 0.2) is 5.16 Å². The van der Waals surface area contributed by atoms with E-state index in [4.69, 9.17) is 9.57 Å². The summed E-state index contributed by atoms with van der Waals surface area (Å²) in [6.45, 7) is 4.48. The fourth-order valence-corrected chi connectivity index (χ4v) is 4.70. The molecule has 1 amide bonds. The monoisotopic (exact) mass is 378 g/mol. The molecule has 0 aromatic rings. The summed E-state index contributed by atoms with van der Waals surface area (Å²) in [5, 5.41) is 11.2. The number of carbonyl (C=O) groups is 1. The van der Waals surface area contributed by atoms with E-state index in [1.54, 1.807) is 7.11 Å². The molecule has 4 rings (SSSR count). The van der Waals surface area contributed by atoms with Gasteiger partial charge in [0.25, 0.3) is 5.91 Å². The van der Waals surface area contributed by atoms with Crippen LogP contribution in [0, 0.1) is 5.92 Å². The number of amides is 1. The third kappa shape index (κ3) is 4.63. The van der Waals surface area contributed by atoms with Crippen LogP contribution in [0.25, 0.3) is 0 Å². The molecule has 2 atom stereocenters. The van der Waals surface area contributed by atoms with E-state index in [0.29, 0.717) is 24.8 Å². The van der Waals surface area contributed by atoms with Crippen LogP contribution in [-0.4, -0.2) is 74.1 Å². The van der Waals surface area contributed by atoms with E-state index >= 15 is 0 Å². The zero-order chi connectivity index (χ0) is 18.7. The Morgan fingerprint density at radius 2 is 2.11 bits per heavy atom. The minimum Gasteiger partial charge on any atom is -0.385 e. The van der Waals surface area contributed by atoms with E-state index in [0.717, 1.165) is 51.4 Å². The molecule has 7 heteroatoms. The third-order valence-corrected chi connectivity index (χ3v) is 6.58. The van der Waals surface area contributed by atoms with Gasteiger partial charge in [-0.05, 0) is 44.6 Å². The van der Waals surface area contributed by atoms with Gasteiger partial charge in [-0.15, -0.1) is 0 Å². The first-order valence-electron chi connectivity index (χ1n) is 10.7. The summed E-state index contributed by atoms with van der Waals surface area (Å²) >= 11 is 0. The number of rotatable bonds is 8. The lowest BCUT2D eigenvalue weighted by molar-refractivity contribution is -0.115. The largest absolute Gasteiger partial charge is 0.385 e. The van der Waals surface area contributed by atoms with Crippen molar-refractivity contribution in [3.8, 4) is 0 Å². The Hall–Kier alpha value is -1.18. The van der Waals surface area contributed by atoms with Gasteiger partial charge >= 0.3 is 0 Å². The van der Waals surface area contributed by atoms with Crippen molar-refractivity contribution in [2.45, 2.75) is 69.1 Å². The second-order valence-corrected chi connectivity index (χ2v) is 8.79. The number of likely N-dealkylation sites (tertiary alicyclic amines) is 1. The van der Waals surface area contributed by atoms with Gasteiger partial charge in [0.2, 0.25) is 0 Å². The second-order valence-electron chi connectivity index (χ2n) is 8.79. The maximum Gasteiger partial charge on any atom is 0.269 e. The lowest BCUT2D eigenvalue weighted by Crippen LogP contribution is -2.62. The van der Waals surface area contributed by atoms with Crippen LogP contribution in [0.2, 0.25) is 0 Å². The molecule has 152 valence electrons. The second kappa shape index (κ2) is 8.45. The first-order valence-corrected chi connectivity index (χ1v) is 10.7. The number of nitrogens with zero attached hydrogens (tertiary/aromatic N) is 2. The number of oxime groups is 1. The van der Waals surface area contributed by atoms with E-state index in [1.165, 1.54) is 25.7 Å². The fourth-order valence-electron chi connectivity index (χ4n) is 4.70. The van der Waals surface area contributed by atoms with Gasteiger partial charge in [0.15, 0.2) is 5.60 Å². The Morgan fingerprint density at radius 1 is 1.30 bits per heavy atom. The van der Waals surface area contributed by atoms with Crippen molar-refractivity contribution >= 4 is 11.6 Å². The van der Waals surface area contributed by atoms with E-state index in [2.05, 4.69) is 20.7 Å². The highest BCUT2D eigenvalue weighted by Gasteiger charge is 2.51. The van der Waals surface area contributed by atoms with Crippen LogP contribution in [0.1, 0.15) is 51.4 Å². The smallest absolute Gasteiger partial charge is 0.269 e.